The van der Waals surface area contributed by atoms with Gasteiger partial charge in [-0.05, 0) is 37.0 Å². The molecule has 0 spiro atoms. The molecule has 32 heavy (non-hydrogen) atoms. The van der Waals surface area contributed by atoms with E-state index in [2.05, 4.69) is 22.5 Å². The van der Waals surface area contributed by atoms with Gasteiger partial charge in [0.2, 0.25) is 5.91 Å². The molecule has 1 saturated carbocycles. The molecular weight excluding hydrogens is 404 g/mol. The minimum Gasteiger partial charge on any atom is -0.497 e. The summed E-state index contributed by atoms with van der Waals surface area (Å²) in [4.78, 5) is 17.8. The van der Waals surface area contributed by atoms with Crippen LogP contribution in [0.1, 0.15) is 36.8 Å². The molecule has 7 nitrogen and oxygen atoms in total. The van der Waals surface area contributed by atoms with Crippen LogP contribution in [-0.4, -0.2) is 54.6 Å². The number of carbonyl (C=O) groups excluding carboxylic acids is 1. The summed E-state index contributed by atoms with van der Waals surface area (Å²) in [6, 6.07) is 16.3. The Morgan fingerprint density at radius 2 is 1.88 bits per heavy atom. The molecule has 3 unspecified atom stereocenters. The molecule has 2 fully saturated rings. The minimum absolute atomic E-state index is 0.00474. The molecular formula is C25H30N4O3. The maximum absolute atomic E-state index is 13.5. The number of rotatable bonds is 6. The van der Waals surface area contributed by atoms with Gasteiger partial charge in [0.05, 0.1) is 25.7 Å². The third-order valence-corrected chi connectivity index (χ3v) is 6.91. The predicted octanol–water partition coefficient (Wildman–Crippen LogP) is 3.20. The number of hydrogen-bond acceptors (Lipinski definition) is 6. The van der Waals surface area contributed by atoms with Gasteiger partial charge in [0, 0.05) is 18.7 Å². The van der Waals surface area contributed by atoms with Crippen molar-refractivity contribution in [3.05, 3.63) is 59.7 Å². The summed E-state index contributed by atoms with van der Waals surface area (Å²) < 4.78 is 11.0. The molecule has 2 aromatic rings. The highest BCUT2D eigenvalue weighted by Gasteiger charge is 2.51. The molecule has 0 aromatic heterocycles. The first-order valence-electron chi connectivity index (χ1n) is 11.4. The summed E-state index contributed by atoms with van der Waals surface area (Å²) in [5.41, 5.74) is 5.41. The number of nitrogens with one attached hydrogen (secondary N) is 1. The molecule has 7 heteroatoms. The van der Waals surface area contributed by atoms with Gasteiger partial charge in [0.15, 0.2) is 12.1 Å². The highest BCUT2D eigenvalue weighted by Crippen LogP contribution is 2.39. The lowest BCUT2D eigenvalue weighted by atomic mass is 9.80. The van der Waals surface area contributed by atoms with Crippen molar-refractivity contribution >= 4 is 11.7 Å². The highest BCUT2D eigenvalue weighted by molar-refractivity contribution is 6.03. The number of ether oxygens (including phenoxy) is 2. The van der Waals surface area contributed by atoms with Gasteiger partial charge < -0.3 is 19.3 Å². The van der Waals surface area contributed by atoms with Crippen LogP contribution in [0, 0.1) is 5.92 Å². The van der Waals surface area contributed by atoms with Crippen molar-refractivity contribution in [3.63, 3.8) is 0 Å². The smallest absolute Gasteiger partial charge is 0.230 e. The molecule has 2 aliphatic heterocycles. The van der Waals surface area contributed by atoms with Gasteiger partial charge in [-0.15, -0.1) is 0 Å². The lowest BCUT2D eigenvalue weighted by molar-refractivity contribution is -0.155. The topological polar surface area (TPSA) is 66.4 Å². The van der Waals surface area contributed by atoms with E-state index in [-0.39, 0.29) is 24.2 Å². The molecule has 2 aromatic carbocycles. The normalized spacial score (nSPS) is 24.4. The molecule has 2 heterocycles. The molecule has 1 amide bonds. The number of amides is 1. The molecule has 5 rings (SSSR count). The Labute approximate surface area is 189 Å². The number of hydrazone groups is 1. The first-order valence-corrected chi connectivity index (χ1v) is 11.4. The Balaban J connectivity index is 1.47. The van der Waals surface area contributed by atoms with Gasteiger partial charge in [0.25, 0.3) is 0 Å². The molecule has 3 atom stereocenters. The number of methoxy groups -OCH3 is 2. The minimum atomic E-state index is -0.271. The van der Waals surface area contributed by atoms with E-state index in [1.54, 1.807) is 14.2 Å². The number of carbonyl (C=O) groups is 1. The van der Waals surface area contributed by atoms with E-state index < -0.39 is 0 Å². The summed E-state index contributed by atoms with van der Waals surface area (Å²) in [7, 11) is 3.31. The second kappa shape index (κ2) is 8.73. The first kappa shape index (κ1) is 20.7. The van der Waals surface area contributed by atoms with Crippen molar-refractivity contribution in [1.29, 1.82) is 0 Å². The van der Waals surface area contributed by atoms with Crippen LogP contribution in [0.25, 0.3) is 0 Å². The zero-order chi connectivity index (χ0) is 22.1. The lowest BCUT2D eigenvalue weighted by Gasteiger charge is -2.50. The van der Waals surface area contributed by atoms with Gasteiger partial charge in [-0.1, -0.05) is 43.2 Å². The fourth-order valence-corrected chi connectivity index (χ4v) is 5.29. The van der Waals surface area contributed by atoms with Crippen LogP contribution < -0.4 is 14.9 Å². The van der Waals surface area contributed by atoms with Crippen molar-refractivity contribution < 1.29 is 14.3 Å². The van der Waals surface area contributed by atoms with E-state index in [4.69, 9.17) is 14.6 Å². The maximum atomic E-state index is 13.5. The number of amidine groups is 1. The van der Waals surface area contributed by atoms with Crippen LogP contribution in [-0.2, 0) is 11.2 Å². The third kappa shape index (κ3) is 3.55. The summed E-state index contributed by atoms with van der Waals surface area (Å²) in [6.45, 7) is 0.656. The van der Waals surface area contributed by atoms with Crippen molar-refractivity contribution in [1.82, 2.24) is 15.2 Å². The Hall–Kier alpha value is -3.22. The number of fused-ring (bicyclic) bond motifs is 3. The molecule has 1 saturated heterocycles. The van der Waals surface area contributed by atoms with Gasteiger partial charge in [-0.2, -0.15) is 5.10 Å². The Morgan fingerprint density at radius 3 is 2.66 bits per heavy atom. The van der Waals surface area contributed by atoms with Crippen LogP contribution in [0.2, 0.25) is 0 Å². The zero-order valence-corrected chi connectivity index (χ0v) is 18.7. The second-order valence-electron chi connectivity index (χ2n) is 8.64. The van der Waals surface area contributed by atoms with Crippen molar-refractivity contribution in [2.75, 3.05) is 20.8 Å². The Kier molecular flexibility index (Phi) is 5.64. The predicted molar refractivity (Wildman–Crippen MR) is 122 cm³/mol. The third-order valence-electron chi connectivity index (χ3n) is 6.91. The van der Waals surface area contributed by atoms with E-state index in [1.807, 2.05) is 41.3 Å². The Bertz CT molecular complexity index is 1010. The van der Waals surface area contributed by atoms with Crippen molar-refractivity contribution in [2.24, 2.45) is 11.0 Å². The van der Waals surface area contributed by atoms with Crippen LogP contribution in [0.5, 0.6) is 11.5 Å². The molecule has 0 radical (unpaired) electrons. The highest BCUT2D eigenvalue weighted by atomic mass is 16.5. The van der Waals surface area contributed by atoms with Gasteiger partial charge in [0.1, 0.15) is 11.5 Å². The number of hydrogen-bond donors (Lipinski definition) is 1. The van der Waals surface area contributed by atoms with Gasteiger partial charge in [-0.25, -0.2) is 0 Å². The van der Waals surface area contributed by atoms with E-state index in [0.717, 1.165) is 49.3 Å². The average Bonchev–Trinajstić information content (AvgIpc) is 3.29. The largest absolute Gasteiger partial charge is 0.497 e. The van der Waals surface area contributed by atoms with Crippen LogP contribution >= 0.6 is 0 Å². The van der Waals surface area contributed by atoms with Crippen molar-refractivity contribution in [3.8, 4) is 11.5 Å². The molecule has 3 aliphatic rings. The van der Waals surface area contributed by atoms with E-state index in [9.17, 15) is 4.79 Å². The van der Waals surface area contributed by atoms with E-state index in [0.29, 0.717) is 12.3 Å². The standard InChI is InChI=1S/C25H30N4O3/c1-31-18-12-13-20(22(16-18)32-2)23-26-27-25-28(15-14-17-8-4-3-5-9-17)24(30)19-10-6-7-11-21(19)29(23)25/h3-5,8-9,12-13,16,19,21,25,27H,6-7,10-11,14-15H2,1-2H3. The molecule has 1 aliphatic carbocycles. The molecule has 168 valence electrons. The van der Waals surface area contributed by atoms with Crippen molar-refractivity contribution in [2.45, 2.75) is 44.4 Å². The number of benzene rings is 2. The quantitative estimate of drug-likeness (QED) is 0.756. The van der Waals surface area contributed by atoms with E-state index >= 15 is 0 Å². The monoisotopic (exact) mass is 434 g/mol. The summed E-state index contributed by atoms with van der Waals surface area (Å²) >= 11 is 0. The number of nitrogens with zero attached hydrogens (tertiary/aromatic N) is 3. The van der Waals surface area contributed by atoms with Crippen LogP contribution in [0.4, 0.5) is 0 Å². The SMILES string of the molecule is COc1ccc(C2=NNC3N(CCc4ccccc4)C(=O)C4CCCCC4N23)c(OC)c1. The fraction of sp³-hybridized carbons (Fsp3) is 0.440. The zero-order valence-electron chi connectivity index (χ0n) is 18.7. The fourth-order valence-electron chi connectivity index (χ4n) is 5.29. The second-order valence-corrected chi connectivity index (χ2v) is 8.64. The van der Waals surface area contributed by atoms with Crippen LogP contribution in [0.15, 0.2) is 53.6 Å². The summed E-state index contributed by atoms with van der Waals surface area (Å²) in [5, 5.41) is 4.72. The summed E-state index contributed by atoms with van der Waals surface area (Å²) in [6.07, 6.45) is 4.71. The molecule has 0 bridgehead atoms. The lowest BCUT2D eigenvalue weighted by Crippen LogP contribution is -2.67. The average molecular weight is 435 g/mol. The Morgan fingerprint density at radius 1 is 1.06 bits per heavy atom. The maximum Gasteiger partial charge on any atom is 0.230 e. The summed E-state index contributed by atoms with van der Waals surface area (Å²) in [5.74, 6) is 2.54. The van der Waals surface area contributed by atoms with E-state index in [1.165, 1.54) is 5.56 Å². The first-order chi connectivity index (χ1) is 15.7. The molecule has 1 N–H and O–H groups in total. The van der Waals surface area contributed by atoms with Crippen LogP contribution in [0.3, 0.4) is 0 Å². The van der Waals surface area contributed by atoms with Gasteiger partial charge >= 0.3 is 0 Å². The van der Waals surface area contributed by atoms with Gasteiger partial charge in [-0.3, -0.25) is 10.2 Å².